The summed E-state index contributed by atoms with van der Waals surface area (Å²) in [6.07, 6.45) is 7.06. The number of benzene rings is 1. The van der Waals surface area contributed by atoms with Gasteiger partial charge in [0.1, 0.15) is 5.75 Å². The molecule has 1 fully saturated rings. The Balaban J connectivity index is 1.80. The number of hydrogen-bond donors (Lipinski definition) is 2. The van der Waals surface area contributed by atoms with Gasteiger partial charge in [0.15, 0.2) is 6.61 Å². The Bertz CT molecular complexity index is 471. The maximum Gasteiger partial charge on any atom is 0.258 e. The van der Waals surface area contributed by atoms with Gasteiger partial charge in [-0.3, -0.25) is 4.79 Å². The third-order valence-electron chi connectivity index (χ3n) is 3.81. The predicted molar refractivity (Wildman–Crippen MR) is 84.5 cm³/mol. The molecule has 0 aromatic heterocycles. The smallest absolute Gasteiger partial charge is 0.258 e. The number of ether oxygens (including phenoxy) is 1. The van der Waals surface area contributed by atoms with Crippen LogP contribution in [0.2, 0.25) is 5.02 Å². The third-order valence-corrected chi connectivity index (χ3v) is 4.11. The van der Waals surface area contributed by atoms with Crippen LogP contribution in [-0.2, 0) is 11.3 Å². The van der Waals surface area contributed by atoms with Gasteiger partial charge < -0.3 is 15.8 Å². The summed E-state index contributed by atoms with van der Waals surface area (Å²) in [6.45, 7) is 0.431. The van der Waals surface area contributed by atoms with Gasteiger partial charge in [-0.25, -0.2) is 0 Å². The number of amides is 1. The lowest BCUT2D eigenvalue weighted by molar-refractivity contribution is -0.123. The molecule has 3 N–H and O–H groups in total. The van der Waals surface area contributed by atoms with Crippen molar-refractivity contribution >= 4 is 17.5 Å². The summed E-state index contributed by atoms with van der Waals surface area (Å²) in [6, 6.07) is 5.66. The molecule has 0 heterocycles. The minimum absolute atomic E-state index is 0.00179. The molecule has 0 bridgehead atoms. The van der Waals surface area contributed by atoms with Crippen LogP contribution in [0.5, 0.6) is 5.75 Å². The fourth-order valence-electron chi connectivity index (χ4n) is 2.62. The minimum Gasteiger partial charge on any atom is -0.482 e. The Hall–Kier alpha value is -1.26. The van der Waals surface area contributed by atoms with Crippen molar-refractivity contribution in [2.24, 2.45) is 5.73 Å². The van der Waals surface area contributed by atoms with Crippen molar-refractivity contribution in [2.75, 3.05) is 6.61 Å². The first kappa shape index (κ1) is 16.1. The van der Waals surface area contributed by atoms with Crippen LogP contribution < -0.4 is 15.8 Å². The maximum atomic E-state index is 11.9. The van der Waals surface area contributed by atoms with E-state index in [4.69, 9.17) is 22.1 Å². The molecular weight excluding hydrogens is 288 g/mol. The van der Waals surface area contributed by atoms with Gasteiger partial charge in [0.2, 0.25) is 0 Å². The first-order valence-corrected chi connectivity index (χ1v) is 7.97. The largest absolute Gasteiger partial charge is 0.482 e. The molecule has 1 aliphatic rings. The van der Waals surface area contributed by atoms with E-state index in [0.29, 0.717) is 23.4 Å². The highest BCUT2D eigenvalue weighted by Gasteiger charge is 2.15. The lowest BCUT2D eigenvalue weighted by Gasteiger charge is -2.16. The van der Waals surface area contributed by atoms with Crippen LogP contribution in [0.3, 0.4) is 0 Å². The summed E-state index contributed by atoms with van der Waals surface area (Å²) in [7, 11) is 0. The zero-order valence-corrected chi connectivity index (χ0v) is 13.0. The van der Waals surface area contributed by atoms with Crippen molar-refractivity contribution < 1.29 is 9.53 Å². The van der Waals surface area contributed by atoms with Crippen LogP contribution in [0.4, 0.5) is 0 Å². The second-order valence-corrected chi connectivity index (χ2v) is 5.92. The lowest BCUT2D eigenvalue weighted by Crippen LogP contribution is -2.37. The molecule has 1 amide bonds. The van der Waals surface area contributed by atoms with Crippen molar-refractivity contribution in [1.82, 2.24) is 5.32 Å². The number of nitrogens with two attached hydrogens (primary N) is 1. The average molecular weight is 311 g/mol. The zero-order chi connectivity index (χ0) is 15.1. The predicted octanol–water partition coefficient (Wildman–Crippen LogP) is 3.02. The highest BCUT2D eigenvalue weighted by Crippen LogP contribution is 2.25. The molecule has 0 atom stereocenters. The molecule has 0 aliphatic heterocycles. The molecule has 0 spiro atoms. The molecule has 21 heavy (non-hydrogen) atoms. The highest BCUT2D eigenvalue weighted by atomic mass is 35.5. The molecule has 5 heteroatoms. The summed E-state index contributed by atoms with van der Waals surface area (Å²) in [5.74, 6) is 0.436. The number of carbonyl (C=O) groups is 1. The molecule has 0 saturated heterocycles. The molecule has 2 rings (SSSR count). The molecule has 1 saturated carbocycles. The summed E-state index contributed by atoms with van der Waals surface area (Å²) in [5.41, 5.74) is 6.48. The Morgan fingerprint density at radius 3 is 2.62 bits per heavy atom. The molecule has 116 valence electrons. The van der Waals surface area contributed by atoms with Crippen molar-refractivity contribution in [3.05, 3.63) is 28.8 Å². The number of nitrogens with one attached hydrogen (secondary N) is 1. The molecule has 1 aliphatic carbocycles. The average Bonchev–Trinajstić information content (AvgIpc) is 2.74. The quantitative estimate of drug-likeness (QED) is 0.822. The third kappa shape index (κ3) is 5.21. The Kier molecular flexibility index (Phi) is 6.33. The van der Waals surface area contributed by atoms with Crippen molar-refractivity contribution in [1.29, 1.82) is 0 Å². The number of rotatable bonds is 5. The summed E-state index contributed by atoms with van der Waals surface area (Å²) < 4.78 is 5.49. The Morgan fingerprint density at radius 1 is 1.29 bits per heavy atom. The van der Waals surface area contributed by atoms with E-state index in [0.717, 1.165) is 18.4 Å². The Morgan fingerprint density at radius 2 is 2.00 bits per heavy atom. The van der Waals surface area contributed by atoms with Crippen molar-refractivity contribution in [3.63, 3.8) is 0 Å². The van der Waals surface area contributed by atoms with Gasteiger partial charge in [0.05, 0.1) is 5.02 Å². The first-order chi connectivity index (χ1) is 10.2. The van der Waals surface area contributed by atoms with Crippen LogP contribution >= 0.6 is 11.6 Å². The normalized spacial score (nSPS) is 16.3. The van der Waals surface area contributed by atoms with Crippen molar-refractivity contribution in [2.45, 2.75) is 51.1 Å². The zero-order valence-electron chi connectivity index (χ0n) is 12.2. The molecule has 0 unspecified atom stereocenters. The number of halogens is 1. The van der Waals surface area contributed by atoms with E-state index in [1.165, 1.54) is 25.7 Å². The van der Waals surface area contributed by atoms with Gasteiger partial charge >= 0.3 is 0 Å². The van der Waals surface area contributed by atoms with Crippen LogP contribution in [0, 0.1) is 0 Å². The minimum atomic E-state index is -0.0825. The van der Waals surface area contributed by atoms with Gasteiger partial charge in [0, 0.05) is 12.6 Å². The molecule has 1 aromatic rings. The standard InChI is InChI=1S/C16H23ClN2O2/c17-14-9-12(10-18)7-8-15(14)21-11-16(20)19-13-5-3-1-2-4-6-13/h7-9,13H,1-6,10-11,18H2,(H,19,20). The van der Waals surface area contributed by atoms with E-state index in [-0.39, 0.29) is 12.5 Å². The number of hydrogen-bond acceptors (Lipinski definition) is 3. The van der Waals surface area contributed by atoms with Gasteiger partial charge in [-0.1, -0.05) is 43.4 Å². The summed E-state index contributed by atoms with van der Waals surface area (Å²) in [5, 5.41) is 3.53. The second-order valence-electron chi connectivity index (χ2n) is 5.51. The van der Waals surface area contributed by atoms with E-state index in [9.17, 15) is 4.79 Å². The van der Waals surface area contributed by atoms with Crippen molar-refractivity contribution in [3.8, 4) is 5.75 Å². The van der Waals surface area contributed by atoms with Crippen LogP contribution in [0.25, 0.3) is 0 Å². The van der Waals surface area contributed by atoms with Gasteiger partial charge in [-0.15, -0.1) is 0 Å². The van der Waals surface area contributed by atoms with Crippen LogP contribution in [0.15, 0.2) is 18.2 Å². The van der Waals surface area contributed by atoms with E-state index in [2.05, 4.69) is 5.32 Å². The highest BCUT2D eigenvalue weighted by molar-refractivity contribution is 6.32. The van der Waals surface area contributed by atoms with Crippen LogP contribution in [-0.4, -0.2) is 18.6 Å². The van der Waals surface area contributed by atoms with Gasteiger partial charge in [-0.05, 0) is 30.5 Å². The monoisotopic (exact) mass is 310 g/mol. The topological polar surface area (TPSA) is 64.3 Å². The summed E-state index contributed by atoms with van der Waals surface area (Å²) in [4.78, 5) is 11.9. The van der Waals surface area contributed by atoms with E-state index >= 15 is 0 Å². The first-order valence-electron chi connectivity index (χ1n) is 7.59. The van der Waals surface area contributed by atoms with E-state index in [1.54, 1.807) is 12.1 Å². The molecule has 0 radical (unpaired) electrons. The van der Waals surface area contributed by atoms with Gasteiger partial charge in [-0.2, -0.15) is 0 Å². The Labute approximate surface area is 131 Å². The fraction of sp³-hybridized carbons (Fsp3) is 0.562. The van der Waals surface area contributed by atoms with Crippen LogP contribution in [0.1, 0.15) is 44.1 Å². The molecule has 1 aromatic carbocycles. The number of carbonyl (C=O) groups excluding carboxylic acids is 1. The summed E-state index contributed by atoms with van der Waals surface area (Å²) >= 11 is 6.09. The fourth-order valence-corrected chi connectivity index (χ4v) is 2.88. The van der Waals surface area contributed by atoms with Gasteiger partial charge in [0.25, 0.3) is 5.91 Å². The SMILES string of the molecule is NCc1ccc(OCC(=O)NC2CCCCCC2)c(Cl)c1. The van der Waals surface area contributed by atoms with E-state index in [1.807, 2.05) is 6.07 Å². The lowest BCUT2D eigenvalue weighted by atomic mass is 10.1. The molecule has 4 nitrogen and oxygen atoms in total. The van der Waals surface area contributed by atoms with E-state index < -0.39 is 0 Å². The second kappa shape index (κ2) is 8.25. The molecular formula is C16H23ClN2O2. The maximum absolute atomic E-state index is 11.9.